The molecule has 0 bridgehead atoms. The Hall–Kier alpha value is -1.40. The summed E-state index contributed by atoms with van der Waals surface area (Å²) in [6, 6.07) is 7.20. The van der Waals surface area contributed by atoms with E-state index in [4.69, 9.17) is 0 Å². The first-order valence-electron chi connectivity index (χ1n) is 10.6. The topological polar surface area (TPSA) is 57.7 Å². The largest absolute Gasteiger partial charge is 0.342 e. The lowest BCUT2D eigenvalue weighted by Crippen LogP contribution is -2.48. The molecule has 2 fully saturated rings. The molecule has 2 aliphatic heterocycles. The molecule has 0 aliphatic carbocycles. The van der Waals surface area contributed by atoms with Crippen LogP contribution in [0, 0.1) is 17.8 Å². The summed E-state index contributed by atoms with van der Waals surface area (Å²) in [4.78, 5) is 15.3. The van der Waals surface area contributed by atoms with Crippen LogP contribution in [0.3, 0.4) is 0 Å². The Bertz CT molecular complexity index is 771. The fraction of sp³-hybridized carbons (Fsp3) is 0.682. The maximum Gasteiger partial charge on any atom is 0.243 e. The normalized spacial score (nSPS) is 25.2. The van der Waals surface area contributed by atoms with Crippen LogP contribution < -0.4 is 0 Å². The molecule has 0 N–H and O–H groups in total. The number of carbonyl (C=O) groups excluding carboxylic acids is 1. The number of hydrogen-bond donors (Lipinski definition) is 0. The highest BCUT2D eigenvalue weighted by atomic mass is 32.2. The molecule has 0 aromatic heterocycles. The Labute approximate surface area is 170 Å². The van der Waals surface area contributed by atoms with Crippen molar-refractivity contribution < 1.29 is 13.2 Å². The van der Waals surface area contributed by atoms with Crippen molar-refractivity contribution in [3.63, 3.8) is 0 Å². The minimum absolute atomic E-state index is 0.0488. The van der Waals surface area contributed by atoms with Crippen molar-refractivity contribution in [2.75, 3.05) is 26.2 Å². The van der Waals surface area contributed by atoms with Gasteiger partial charge in [-0.3, -0.25) is 4.79 Å². The van der Waals surface area contributed by atoms with Gasteiger partial charge in [0.15, 0.2) is 0 Å². The molecule has 1 aromatic carbocycles. The van der Waals surface area contributed by atoms with Crippen LogP contribution in [0.5, 0.6) is 0 Å². The van der Waals surface area contributed by atoms with Gasteiger partial charge in [0.2, 0.25) is 15.9 Å². The standard InChI is InChI=1S/C22H34N2O3S/c1-16(2)19-5-7-21(8-6-19)28(26,27)24-11-9-20(10-12-24)22(25)23-14-17(3)13-18(4)15-23/h5-8,16-18,20H,9-15H2,1-4H3. The molecule has 2 unspecified atom stereocenters. The molecule has 3 rings (SSSR count). The van der Waals surface area contributed by atoms with Crippen LogP contribution in [-0.2, 0) is 14.8 Å². The summed E-state index contributed by atoms with van der Waals surface area (Å²) in [6.07, 6.45) is 2.40. The molecule has 0 saturated carbocycles. The quantitative estimate of drug-likeness (QED) is 0.766. The van der Waals surface area contributed by atoms with Crippen LogP contribution in [-0.4, -0.2) is 49.7 Å². The van der Waals surface area contributed by atoms with Crippen molar-refractivity contribution >= 4 is 15.9 Å². The average Bonchev–Trinajstić information content (AvgIpc) is 2.67. The second kappa shape index (κ2) is 8.54. The van der Waals surface area contributed by atoms with Crippen LogP contribution in [0.1, 0.15) is 58.4 Å². The summed E-state index contributed by atoms with van der Waals surface area (Å²) >= 11 is 0. The zero-order valence-corrected chi connectivity index (χ0v) is 18.4. The molecule has 2 heterocycles. The molecular formula is C22H34N2O3S. The molecule has 1 amide bonds. The summed E-state index contributed by atoms with van der Waals surface area (Å²) in [5.74, 6) is 1.63. The van der Waals surface area contributed by atoms with E-state index >= 15 is 0 Å². The molecule has 28 heavy (non-hydrogen) atoms. The monoisotopic (exact) mass is 406 g/mol. The lowest BCUT2D eigenvalue weighted by atomic mass is 9.89. The second-order valence-corrected chi connectivity index (χ2v) is 11.0. The van der Waals surface area contributed by atoms with E-state index in [1.165, 1.54) is 6.42 Å². The number of benzene rings is 1. The van der Waals surface area contributed by atoms with Crippen LogP contribution in [0.4, 0.5) is 0 Å². The highest BCUT2D eigenvalue weighted by Crippen LogP contribution is 2.28. The molecular weight excluding hydrogens is 372 g/mol. The van der Waals surface area contributed by atoms with Crippen molar-refractivity contribution in [3.05, 3.63) is 29.8 Å². The summed E-state index contributed by atoms with van der Waals surface area (Å²) in [5.41, 5.74) is 1.13. The molecule has 2 aliphatic rings. The maximum absolute atomic E-state index is 13.0. The van der Waals surface area contributed by atoms with Gasteiger partial charge >= 0.3 is 0 Å². The highest BCUT2D eigenvalue weighted by molar-refractivity contribution is 7.89. The zero-order chi connectivity index (χ0) is 20.5. The summed E-state index contributed by atoms with van der Waals surface area (Å²) < 4.78 is 27.5. The Morgan fingerprint density at radius 1 is 1.00 bits per heavy atom. The smallest absolute Gasteiger partial charge is 0.243 e. The van der Waals surface area contributed by atoms with E-state index in [1.54, 1.807) is 16.4 Å². The minimum atomic E-state index is -3.49. The van der Waals surface area contributed by atoms with Gasteiger partial charge in [-0.2, -0.15) is 4.31 Å². The number of piperidine rings is 2. The van der Waals surface area contributed by atoms with Gasteiger partial charge in [0.05, 0.1) is 4.90 Å². The van der Waals surface area contributed by atoms with Gasteiger partial charge < -0.3 is 4.90 Å². The number of amides is 1. The predicted molar refractivity (Wildman–Crippen MR) is 112 cm³/mol. The van der Waals surface area contributed by atoms with Gasteiger partial charge in [0.1, 0.15) is 0 Å². The fourth-order valence-corrected chi connectivity index (χ4v) is 6.09. The number of sulfonamides is 1. The van der Waals surface area contributed by atoms with E-state index in [2.05, 4.69) is 27.7 Å². The van der Waals surface area contributed by atoms with Gasteiger partial charge in [-0.25, -0.2) is 8.42 Å². The Morgan fingerprint density at radius 2 is 1.54 bits per heavy atom. The van der Waals surface area contributed by atoms with Crippen molar-refractivity contribution in [2.24, 2.45) is 17.8 Å². The lowest BCUT2D eigenvalue weighted by Gasteiger charge is -2.39. The highest BCUT2D eigenvalue weighted by Gasteiger charge is 2.35. The summed E-state index contributed by atoms with van der Waals surface area (Å²) in [7, 11) is -3.49. The van der Waals surface area contributed by atoms with Gasteiger partial charge in [0.25, 0.3) is 0 Å². The van der Waals surface area contributed by atoms with E-state index in [1.807, 2.05) is 17.0 Å². The average molecular weight is 407 g/mol. The minimum Gasteiger partial charge on any atom is -0.342 e. The molecule has 5 nitrogen and oxygen atoms in total. The summed E-state index contributed by atoms with van der Waals surface area (Å²) in [5, 5.41) is 0. The molecule has 0 radical (unpaired) electrons. The van der Waals surface area contributed by atoms with Crippen LogP contribution in [0.25, 0.3) is 0 Å². The van der Waals surface area contributed by atoms with E-state index in [-0.39, 0.29) is 11.8 Å². The van der Waals surface area contributed by atoms with Gasteiger partial charge in [-0.1, -0.05) is 39.8 Å². The molecule has 1 aromatic rings. The van der Waals surface area contributed by atoms with Crippen molar-refractivity contribution in [1.29, 1.82) is 0 Å². The van der Waals surface area contributed by atoms with Gasteiger partial charge in [-0.05, 0) is 54.7 Å². The first-order chi connectivity index (χ1) is 13.2. The number of rotatable bonds is 4. The van der Waals surface area contributed by atoms with Gasteiger partial charge in [0, 0.05) is 32.1 Å². The van der Waals surface area contributed by atoms with Crippen molar-refractivity contribution in [2.45, 2.75) is 57.8 Å². The first-order valence-corrected chi connectivity index (χ1v) is 12.0. The molecule has 156 valence electrons. The van der Waals surface area contributed by atoms with E-state index in [0.717, 1.165) is 18.7 Å². The number of carbonyl (C=O) groups is 1. The second-order valence-electron chi connectivity index (χ2n) is 9.09. The molecule has 2 atom stereocenters. The Morgan fingerprint density at radius 3 is 2.04 bits per heavy atom. The van der Waals surface area contributed by atoms with E-state index in [9.17, 15) is 13.2 Å². The van der Waals surface area contributed by atoms with Crippen LogP contribution >= 0.6 is 0 Å². The zero-order valence-electron chi connectivity index (χ0n) is 17.6. The lowest BCUT2D eigenvalue weighted by molar-refractivity contribution is -0.139. The third kappa shape index (κ3) is 4.60. The van der Waals surface area contributed by atoms with E-state index in [0.29, 0.717) is 48.6 Å². The number of hydrogen-bond acceptors (Lipinski definition) is 3. The number of likely N-dealkylation sites (tertiary alicyclic amines) is 1. The third-order valence-electron chi connectivity index (χ3n) is 6.17. The van der Waals surface area contributed by atoms with Crippen molar-refractivity contribution in [1.82, 2.24) is 9.21 Å². The maximum atomic E-state index is 13.0. The van der Waals surface area contributed by atoms with Crippen LogP contribution in [0.15, 0.2) is 29.2 Å². The molecule has 2 saturated heterocycles. The Balaban J connectivity index is 1.62. The molecule has 6 heteroatoms. The number of nitrogens with zero attached hydrogens (tertiary/aromatic N) is 2. The fourth-order valence-electron chi connectivity index (χ4n) is 4.62. The van der Waals surface area contributed by atoms with E-state index < -0.39 is 10.0 Å². The Kier molecular flexibility index (Phi) is 6.50. The van der Waals surface area contributed by atoms with Gasteiger partial charge in [-0.15, -0.1) is 0 Å². The summed E-state index contributed by atoms with van der Waals surface area (Å²) in [6.45, 7) is 11.1. The third-order valence-corrected chi connectivity index (χ3v) is 8.08. The predicted octanol–water partition coefficient (Wildman–Crippen LogP) is 3.72. The molecule has 0 spiro atoms. The van der Waals surface area contributed by atoms with Crippen molar-refractivity contribution in [3.8, 4) is 0 Å². The van der Waals surface area contributed by atoms with Crippen LogP contribution in [0.2, 0.25) is 0 Å². The first kappa shape index (κ1) is 21.3. The SMILES string of the molecule is CC1CC(C)CN(C(=O)C2CCN(S(=O)(=O)c3ccc(C(C)C)cc3)CC2)C1.